The predicted molar refractivity (Wildman–Crippen MR) is 125 cm³/mol. The molecule has 2 aliphatic heterocycles. The van der Waals surface area contributed by atoms with Crippen molar-refractivity contribution in [1.82, 2.24) is 15.5 Å². The SMILES string of the molecule is O=C1CCC(N2Cc3cc(C[C@H]4CCCC[C@@H]4NCc4ccc(F)cc4F)ccc3C2=O)C(=O)N1. The topological polar surface area (TPSA) is 78.5 Å². The Bertz CT molecular complexity index is 1170. The van der Waals surface area contributed by atoms with Crippen LogP contribution in [0.3, 0.4) is 0 Å². The molecule has 35 heavy (non-hydrogen) atoms. The Balaban J connectivity index is 1.25. The first-order valence-electron chi connectivity index (χ1n) is 12.3. The highest BCUT2D eigenvalue weighted by atomic mass is 19.1. The lowest BCUT2D eigenvalue weighted by atomic mass is 9.80. The van der Waals surface area contributed by atoms with E-state index in [4.69, 9.17) is 0 Å². The van der Waals surface area contributed by atoms with E-state index in [0.29, 0.717) is 36.6 Å². The molecule has 1 saturated heterocycles. The van der Waals surface area contributed by atoms with Gasteiger partial charge in [-0.25, -0.2) is 8.78 Å². The van der Waals surface area contributed by atoms with Crippen molar-refractivity contribution in [3.05, 3.63) is 70.3 Å². The van der Waals surface area contributed by atoms with Gasteiger partial charge in [-0.3, -0.25) is 19.7 Å². The van der Waals surface area contributed by atoms with Gasteiger partial charge in [0, 0.05) is 42.7 Å². The van der Waals surface area contributed by atoms with E-state index >= 15 is 0 Å². The zero-order valence-electron chi connectivity index (χ0n) is 19.5. The minimum atomic E-state index is -0.616. The maximum absolute atomic E-state index is 14.1. The average molecular weight is 482 g/mol. The first-order valence-corrected chi connectivity index (χ1v) is 12.3. The van der Waals surface area contributed by atoms with Gasteiger partial charge >= 0.3 is 0 Å². The molecular weight excluding hydrogens is 452 g/mol. The highest BCUT2D eigenvalue weighted by Crippen LogP contribution is 2.32. The monoisotopic (exact) mass is 481 g/mol. The van der Waals surface area contributed by atoms with Gasteiger partial charge in [0.2, 0.25) is 11.8 Å². The Morgan fingerprint density at radius 3 is 2.63 bits per heavy atom. The fraction of sp³-hybridized carbons (Fsp3) is 0.444. The van der Waals surface area contributed by atoms with E-state index in [1.807, 2.05) is 12.1 Å². The normalized spacial score (nSPS) is 24.5. The van der Waals surface area contributed by atoms with Crippen molar-refractivity contribution in [2.75, 3.05) is 0 Å². The first kappa shape index (κ1) is 23.6. The van der Waals surface area contributed by atoms with Crippen molar-refractivity contribution in [1.29, 1.82) is 0 Å². The van der Waals surface area contributed by atoms with Crippen LogP contribution in [0.15, 0.2) is 36.4 Å². The summed E-state index contributed by atoms with van der Waals surface area (Å²) in [5.41, 5.74) is 3.11. The molecule has 184 valence electrons. The summed E-state index contributed by atoms with van der Waals surface area (Å²) in [4.78, 5) is 38.3. The average Bonchev–Trinajstić information content (AvgIpc) is 3.15. The van der Waals surface area contributed by atoms with Gasteiger partial charge in [-0.2, -0.15) is 0 Å². The molecule has 2 N–H and O–H groups in total. The zero-order valence-corrected chi connectivity index (χ0v) is 19.5. The van der Waals surface area contributed by atoms with Crippen molar-refractivity contribution in [2.45, 2.75) is 70.1 Å². The highest BCUT2D eigenvalue weighted by molar-refractivity contribution is 6.05. The van der Waals surface area contributed by atoms with E-state index in [-0.39, 0.29) is 24.3 Å². The molecule has 2 heterocycles. The summed E-state index contributed by atoms with van der Waals surface area (Å²) >= 11 is 0. The molecule has 1 unspecified atom stereocenters. The molecule has 6 nitrogen and oxygen atoms in total. The van der Waals surface area contributed by atoms with E-state index < -0.39 is 23.6 Å². The van der Waals surface area contributed by atoms with Crippen molar-refractivity contribution in [2.24, 2.45) is 5.92 Å². The third-order valence-electron chi connectivity index (χ3n) is 7.56. The second-order valence-corrected chi connectivity index (χ2v) is 9.86. The zero-order chi connectivity index (χ0) is 24.5. The Kier molecular flexibility index (Phi) is 6.65. The number of hydrogen-bond acceptors (Lipinski definition) is 4. The van der Waals surface area contributed by atoms with Gasteiger partial charge in [0.05, 0.1) is 0 Å². The number of rotatable bonds is 6. The Morgan fingerprint density at radius 1 is 1.00 bits per heavy atom. The molecule has 2 aromatic rings. The minimum absolute atomic E-state index is 0.167. The molecule has 0 aromatic heterocycles. The van der Waals surface area contributed by atoms with Gasteiger partial charge in [0.15, 0.2) is 0 Å². The molecule has 3 aliphatic rings. The minimum Gasteiger partial charge on any atom is -0.322 e. The van der Waals surface area contributed by atoms with Crippen molar-refractivity contribution in [3.63, 3.8) is 0 Å². The number of piperidine rings is 1. The second kappa shape index (κ2) is 9.85. The Labute approximate surface area is 203 Å². The molecule has 1 saturated carbocycles. The molecule has 0 radical (unpaired) electrons. The molecule has 5 rings (SSSR count). The lowest BCUT2D eigenvalue weighted by Gasteiger charge is -2.33. The molecule has 1 aliphatic carbocycles. The van der Waals surface area contributed by atoms with Crippen LogP contribution in [0.5, 0.6) is 0 Å². The van der Waals surface area contributed by atoms with Crippen LogP contribution in [0.2, 0.25) is 0 Å². The predicted octanol–water partition coefficient (Wildman–Crippen LogP) is 3.62. The molecule has 3 atom stereocenters. The van der Waals surface area contributed by atoms with Crippen LogP contribution in [0.25, 0.3) is 0 Å². The molecule has 2 aromatic carbocycles. The number of carbonyl (C=O) groups is 3. The summed E-state index contributed by atoms with van der Waals surface area (Å²) in [7, 11) is 0. The summed E-state index contributed by atoms with van der Waals surface area (Å²) in [6.07, 6.45) is 5.73. The summed E-state index contributed by atoms with van der Waals surface area (Å²) in [6, 6.07) is 9.18. The molecule has 0 bridgehead atoms. The molecular formula is C27H29F2N3O3. The summed E-state index contributed by atoms with van der Waals surface area (Å²) in [6.45, 7) is 0.720. The van der Waals surface area contributed by atoms with Crippen molar-refractivity contribution >= 4 is 17.7 Å². The van der Waals surface area contributed by atoms with Crippen LogP contribution in [-0.4, -0.2) is 34.7 Å². The van der Waals surface area contributed by atoms with Gasteiger partial charge < -0.3 is 10.2 Å². The van der Waals surface area contributed by atoms with Crippen LogP contribution < -0.4 is 10.6 Å². The van der Waals surface area contributed by atoms with Crippen molar-refractivity contribution < 1.29 is 23.2 Å². The number of hydrogen-bond donors (Lipinski definition) is 2. The first-order chi connectivity index (χ1) is 16.9. The third kappa shape index (κ3) is 4.98. The van der Waals surface area contributed by atoms with Crippen LogP contribution in [0.4, 0.5) is 8.78 Å². The van der Waals surface area contributed by atoms with Gasteiger partial charge in [-0.15, -0.1) is 0 Å². The largest absolute Gasteiger partial charge is 0.322 e. The maximum Gasteiger partial charge on any atom is 0.255 e. The second-order valence-electron chi connectivity index (χ2n) is 9.86. The Morgan fingerprint density at radius 2 is 1.83 bits per heavy atom. The van der Waals surface area contributed by atoms with Crippen molar-refractivity contribution in [3.8, 4) is 0 Å². The summed E-state index contributed by atoms with van der Waals surface area (Å²) in [5.74, 6) is -1.61. The lowest BCUT2D eigenvalue weighted by Crippen LogP contribution is -2.52. The highest BCUT2D eigenvalue weighted by Gasteiger charge is 2.39. The Hall–Kier alpha value is -3.13. The van der Waals surface area contributed by atoms with Crippen LogP contribution in [0, 0.1) is 17.6 Å². The number of carbonyl (C=O) groups excluding carboxylic acids is 3. The van der Waals surface area contributed by atoms with Crippen LogP contribution >= 0.6 is 0 Å². The molecule has 8 heteroatoms. The number of amides is 3. The molecule has 3 amide bonds. The van der Waals surface area contributed by atoms with Gasteiger partial charge in [0.1, 0.15) is 17.7 Å². The number of imide groups is 1. The molecule has 2 fully saturated rings. The number of halogens is 2. The fourth-order valence-corrected chi connectivity index (χ4v) is 5.68. The van der Waals surface area contributed by atoms with E-state index in [0.717, 1.165) is 49.3 Å². The number of nitrogens with zero attached hydrogens (tertiary/aromatic N) is 1. The summed E-state index contributed by atoms with van der Waals surface area (Å²) in [5, 5.41) is 5.82. The van der Waals surface area contributed by atoms with Gasteiger partial charge in [-0.05, 0) is 54.9 Å². The van der Waals surface area contributed by atoms with Crippen LogP contribution in [0.1, 0.15) is 65.6 Å². The standard InChI is InChI=1S/C27H29F2N3O3/c28-20-7-6-18(22(29)13-20)14-30-23-4-2-1-3-17(23)11-16-5-8-21-19(12-16)15-32(27(21)35)24-9-10-25(33)31-26(24)34/h5-8,12-13,17,23-24,30H,1-4,9-11,14-15H2,(H,31,33,34)/t17-,23+,24?/m1/s1. The fourth-order valence-electron chi connectivity index (χ4n) is 5.68. The van der Waals surface area contributed by atoms with Gasteiger partial charge in [-0.1, -0.05) is 31.0 Å². The quantitative estimate of drug-likeness (QED) is 0.618. The summed E-state index contributed by atoms with van der Waals surface area (Å²) < 4.78 is 27.3. The van der Waals surface area contributed by atoms with E-state index in [9.17, 15) is 23.2 Å². The van der Waals surface area contributed by atoms with Crippen LogP contribution in [-0.2, 0) is 29.1 Å². The number of fused-ring (bicyclic) bond motifs is 1. The van der Waals surface area contributed by atoms with E-state index in [2.05, 4.69) is 16.7 Å². The smallest absolute Gasteiger partial charge is 0.255 e. The van der Waals surface area contributed by atoms with E-state index in [1.54, 1.807) is 4.90 Å². The number of benzene rings is 2. The number of nitrogens with one attached hydrogen (secondary N) is 2. The maximum atomic E-state index is 14.1. The van der Waals surface area contributed by atoms with Gasteiger partial charge in [0.25, 0.3) is 5.91 Å². The molecule has 0 spiro atoms. The van der Waals surface area contributed by atoms with E-state index in [1.165, 1.54) is 12.1 Å². The third-order valence-corrected chi connectivity index (χ3v) is 7.56. The lowest BCUT2D eigenvalue weighted by molar-refractivity contribution is -0.136.